The lowest BCUT2D eigenvalue weighted by atomic mass is 10.1. The summed E-state index contributed by atoms with van der Waals surface area (Å²) in [6.45, 7) is 7.35. The molecular weight excluding hydrogens is 124 g/mol. The number of hydrogen-bond donors (Lipinski definition) is 1. The SMILES string of the molecule is C=C/N=C\C=C(/C)C(C)N. The fraction of sp³-hybridized carbons (Fsp3) is 0.375. The maximum absolute atomic E-state index is 5.56. The van der Waals surface area contributed by atoms with Crippen LogP contribution in [-0.4, -0.2) is 12.3 Å². The van der Waals surface area contributed by atoms with Gasteiger partial charge in [0.25, 0.3) is 0 Å². The zero-order valence-electron chi connectivity index (χ0n) is 6.54. The van der Waals surface area contributed by atoms with Crippen molar-refractivity contribution in [2.45, 2.75) is 19.9 Å². The Morgan fingerprint density at radius 1 is 1.70 bits per heavy atom. The summed E-state index contributed by atoms with van der Waals surface area (Å²) >= 11 is 0. The van der Waals surface area contributed by atoms with Gasteiger partial charge in [-0.1, -0.05) is 12.2 Å². The van der Waals surface area contributed by atoms with Crippen molar-refractivity contribution in [3.63, 3.8) is 0 Å². The lowest BCUT2D eigenvalue weighted by molar-refractivity contribution is 0.863. The number of allylic oxidation sites excluding steroid dienone is 1. The van der Waals surface area contributed by atoms with E-state index in [0.717, 1.165) is 5.57 Å². The molecular formula is C8H14N2. The van der Waals surface area contributed by atoms with Gasteiger partial charge in [0.15, 0.2) is 0 Å². The monoisotopic (exact) mass is 138 g/mol. The topological polar surface area (TPSA) is 38.4 Å². The van der Waals surface area contributed by atoms with Gasteiger partial charge in [-0.25, -0.2) is 0 Å². The highest BCUT2D eigenvalue weighted by Gasteiger charge is 1.91. The molecule has 0 aromatic heterocycles. The van der Waals surface area contributed by atoms with E-state index in [1.54, 1.807) is 6.21 Å². The second kappa shape index (κ2) is 4.94. The molecule has 10 heavy (non-hydrogen) atoms. The van der Waals surface area contributed by atoms with E-state index in [-0.39, 0.29) is 6.04 Å². The summed E-state index contributed by atoms with van der Waals surface area (Å²) in [6.07, 6.45) is 5.06. The lowest BCUT2D eigenvalue weighted by Crippen LogP contribution is -2.15. The molecule has 1 unspecified atom stereocenters. The molecule has 0 saturated carbocycles. The molecule has 0 radical (unpaired) electrons. The summed E-state index contributed by atoms with van der Waals surface area (Å²) in [5, 5.41) is 0. The Balaban J connectivity index is 3.91. The van der Waals surface area contributed by atoms with Crippen LogP contribution in [0.2, 0.25) is 0 Å². The lowest BCUT2D eigenvalue weighted by Gasteiger charge is -2.01. The van der Waals surface area contributed by atoms with Crippen LogP contribution >= 0.6 is 0 Å². The molecule has 2 heteroatoms. The molecule has 0 aliphatic rings. The zero-order chi connectivity index (χ0) is 7.98. The van der Waals surface area contributed by atoms with Crippen LogP contribution in [0.15, 0.2) is 29.4 Å². The van der Waals surface area contributed by atoms with Gasteiger partial charge >= 0.3 is 0 Å². The molecule has 56 valence electrons. The van der Waals surface area contributed by atoms with Gasteiger partial charge in [0.1, 0.15) is 0 Å². The summed E-state index contributed by atoms with van der Waals surface area (Å²) in [5.74, 6) is 0. The van der Waals surface area contributed by atoms with Gasteiger partial charge in [-0.05, 0) is 19.9 Å². The van der Waals surface area contributed by atoms with Crippen LogP contribution in [-0.2, 0) is 0 Å². The van der Waals surface area contributed by atoms with Crippen molar-refractivity contribution in [3.8, 4) is 0 Å². The molecule has 0 heterocycles. The van der Waals surface area contributed by atoms with Crippen molar-refractivity contribution >= 4 is 6.21 Å². The molecule has 0 aliphatic heterocycles. The minimum Gasteiger partial charge on any atom is -0.324 e. The molecule has 0 aromatic rings. The third-order valence-electron chi connectivity index (χ3n) is 1.25. The molecule has 0 fully saturated rings. The van der Waals surface area contributed by atoms with Crippen LogP contribution in [0, 0.1) is 0 Å². The highest BCUT2D eigenvalue weighted by atomic mass is 14.7. The number of nitrogens with zero attached hydrogens (tertiary/aromatic N) is 1. The first kappa shape index (κ1) is 9.11. The first-order valence-electron chi connectivity index (χ1n) is 3.25. The summed E-state index contributed by atoms with van der Waals surface area (Å²) in [4.78, 5) is 3.80. The molecule has 1 atom stereocenters. The van der Waals surface area contributed by atoms with Gasteiger partial charge in [-0.2, -0.15) is 0 Å². The highest BCUT2D eigenvalue weighted by molar-refractivity contribution is 5.72. The molecule has 0 rings (SSSR count). The van der Waals surface area contributed by atoms with E-state index in [0.29, 0.717) is 0 Å². The summed E-state index contributed by atoms with van der Waals surface area (Å²) in [6, 6.07) is 0.108. The van der Waals surface area contributed by atoms with Gasteiger partial charge in [0, 0.05) is 18.5 Å². The van der Waals surface area contributed by atoms with Gasteiger partial charge < -0.3 is 5.73 Å². The molecule has 0 amide bonds. The Hall–Kier alpha value is -0.890. The first-order chi connectivity index (χ1) is 4.68. The Morgan fingerprint density at radius 3 is 2.70 bits per heavy atom. The van der Waals surface area contributed by atoms with Gasteiger partial charge in [-0.15, -0.1) is 0 Å². The normalized spacial score (nSPS) is 15.7. The van der Waals surface area contributed by atoms with Gasteiger partial charge in [0.2, 0.25) is 0 Å². The fourth-order valence-corrected chi connectivity index (χ4v) is 0.373. The first-order valence-corrected chi connectivity index (χ1v) is 3.25. The minimum atomic E-state index is 0.108. The van der Waals surface area contributed by atoms with Crippen molar-refractivity contribution in [2.75, 3.05) is 0 Å². The largest absolute Gasteiger partial charge is 0.324 e. The van der Waals surface area contributed by atoms with E-state index >= 15 is 0 Å². The van der Waals surface area contributed by atoms with E-state index in [2.05, 4.69) is 11.6 Å². The number of aliphatic imine (C=N–C) groups is 1. The fourth-order valence-electron chi connectivity index (χ4n) is 0.373. The van der Waals surface area contributed by atoms with Crippen LogP contribution in [0.5, 0.6) is 0 Å². The smallest absolute Gasteiger partial charge is 0.0267 e. The number of rotatable bonds is 3. The van der Waals surface area contributed by atoms with E-state index in [1.165, 1.54) is 6.20 Å². The van der Waals surface area contributed by atoms with Crippen LogP contribution < -0.4 is 5.73 Å². The van der Waals surface area contributed by atoms with E-state index in [9.17, 15) is 0 Å². The zero-order valence-corrected chi connectivity index (χ0v) is 6.54. The maximum atomic E-state index is 5.56. The van der Waals surface area contributed by atoms with Crippen LogP contribution in [0.1, 0.15) is 13.8 Å². The molecule has 2 N–H and O–H groups in total. The van der Waals surface area contributed by atoms with Crippen LogP contribution in [0.4, 0.5) is 0 Å². The highest BCUT2D eigenvalue weighted by Crippen LogP contribution is 1.94. The Labute approximate surface area is 62.1 Å². The van der Waals surface area contributed by atoms with Gasteiger partial charge in [-0.3, -0.25) is 4.99 Å². The number of nitrogens with two attached hydrogens (primary N) is 1. The van der Waals surface area contributed by atoms with Crippen LogP contribution in [0.25, 0.3) is 0 Å². The van der Waals surface area contributed by atoms with Crippen molar-refractivity contribution in [3.05, 3.63) is 24.4 Å². The quantitative estimate of drug-likeness (QED) is 0.589. The average molecular weight is 138 g/mol. The Bertz CT molecular complexity index is 155. The van der Waals surface area contributed by atoms with Crippen LogP contribution in [0.3, 0.4) is 0 Å². The summed E-state index contributed by atoms with van der Waals surface area (Å²) < 4.78 is 0. The van der Waals surface area contributed by atoms with Gasteiger partial charge in [0.05, 0.1) is 0 Å². The standard InChI is InChI=1S/C8H14N2/c1-4-10-6-5-7(2)8(3)9/h4-6,8H,1,9H2,2-3H3/b7-5+,10-6-. The van der Waals surface area contributed by atoms with Crippen molar-refractivity contribution in [1.82, 2.24) is 0 Å². The predicted octanol–water partition coefficient (Wildman–Crippen LogP) is 1.49. The molecule has 0 saturated heterocycles. The van der Waals surface area contributed by atoms with E-state index in [1.807, 2.05) is 19.9 Å². The summed E-state index contributed by atoms with van der Waals surface area (Å²) in [5.41, 5.74) is 6.68. The second-order valence-electron chi connectivity index (χ2n) is 2.18. The Morgan fingerprint density at radius 2 is 2.30 bits per heavy atom. The predicted molar refractivity (Wildman–Crippen MR) is 46.1 cm³/mol. The van der Waals surface area contributed by atoms with Crippen molar-refractivity contribution in [2.24, 2.45) is 10.7 Å². The van der Waals surface area contributed by atoms with Crippen molar-refractivity contribution < 1.29 is 0 Å². The second-order valence-corrected chi connectivity index (χ2v) is 2.18. The minimum absolute atomic E-state index is 0.108. The van der Waals surface area contributed by atoms with E-state index in [4.69, 9.17) is 5.73 Å². The molecule has 0 bridgehead atoms. The summed E-state index contributed by atoms with van der Waals surface area (Å²) in [7, 11) is 0. The third kappa shape index (κ3) is 4.04. The Kier molecular flexibility index (Phi) is 4.50. The van der Waals surface area contributed by atoms with E-state index < -0.39 is 0 Å². The molecule has 0 spiro atoms. The molecule has 2 nitrogen and oxygen atoms in total. The molecule has 0 aliphatic carbocycles. The molecule has 0 aromatic carbocycles. The van der Waals surface area contributed by atoms with Crippen molar-refractivity contribution in [1.29, 1.82) is 0 Å². The maximum Gasteiger partial charge on any atom is 0.0267 e. The third-order valence-corrected chi connectivity index (χ3v) is 1.25. The average Bonchev–Trinajstić information content (AvgIpc) is 1.88. The number of hydrogen-bond acceptors (Lipinski definition) is 2.